The molecule has 3 rings (SSSR count). The van der Waals surface area contributed by atoms with Gasteiger partial charge in [-0.3, -0.25) is 9.88 Å². The van der Waals surface area contributed by atoms with Crippen molar-refractivity contribution in [1.82, 2.24) is 14.8 Å². The summed E-state index contributed by atoms with van der Waals surface area (Å²) in [6.07, 6.45) is 1.79. The number of rotatable bonds is 5. The maximum absolute atomic E-state index is 5.95. The van der Waals surface area contributed by atoms with Crippen LogP contribution in [0.1, 0.15) is 0 Å². The van der Waals surface area contributed by atoms with Crippen LogP contribution in [0.4, 0.5) is 0 Å². The second-order valence-electron chi connectivity index (χ2n) is 5.69. The number of hydrogen-bond acceptors (Lipinski definition) is 5. The third-order valence-corrected chi connectivity index (χ3v) is 4.15. The Bertz CT molecular complexity index is 624. The lowest BCUT2D eigenvalue weighted by Crippen LogP contribution is -2.45. The van der Waals surface area contributed by atoms with Gasteiger partial charge in [-0.05, 0) is 19.2 Å². The molecule has 2 aromatic rings. The van der Waals surface area contributed by atoms with Crippen molar-refractivity contribution in [2.45, 2.75) is 0 Å². The van der Waals surface area contributed by atoms with Gasteiger partial charge in [0.25, 0.3) is 0 Å². The third-order valence-electron chi connectivity index (χ3n) is 4.15. The van der Waals surface area contributed by atoms with Crippen LogP contribution < -0.4 is 9.47 Å². The predicted molar refractivity (Wildman–Crippen MR) is 87.7 cm³/mol. The largest absolute Gasteiger partial charge is 0.493 e. The van der Waals surface area contributed by atoms with Crippen LogP contribution >= 0.6 is 0 Å². The summed E-state index contributed by atoms with van der Waals surface area (Å²) in [5, 5.41) is 1.06. The number of methoxy groups -OCH3 is 1. The van der Waals surface area contributed by atoms with E-state index in [1.165, 1.54) is 0 Å². The molecule has 0 unspecified atom stereocenters. The van der Waals surface area contributed by atoms with E-state index in [-0.39, 0.29) is 0 Å². The van der Waals surface area contributed by atoms with Crippen molar-refractivity contribution in [3.63, 3.8) is 0 Å². The first kappa shape index (κ1) is 15.1. The lowest BCUT2D eigenvalue weighted by molar-refractivity contribution is 0.133. The van der Waals surface area contributed by atoms with E-state index in [1.807, 2.05) is 24.3 Å². The molecule has 1 aliphatic rings. The molecule has 0 saturated carbocycles. The van der Waals surface area contributed by atoms with Crippen molar-refractivity contribution in [1.29, 1.82) is 0 Å². The van der Waals surface area contributed by atoms with E-state index in [0.29, 0.717) is 6.61 Å². The minimum absolute atomic E-state index is 0.665. The molecule has 0 aliphatic carbocycles. The Hall–Kier alpha value is -1.85. The van der Waals surface area contributed by atoms with Crippen molar-refractivity contribution >= 4 is 10.9 Å². The minimum atomic E-state index is 0.665. The molecule has 118 valence electrons. The van der Waals surface area contributed by atoms with Gasteiger partial charge >= 0.3 is 0 Å². The fraction of sp³-hybridized carbons (Fsp3) is 0.471. The van der Waals surface area contributed by atoms with Crippen LogP contribution in [0.5, 0.6) is 11.5 Å². The molecule has 0 radical (unpaired) electrons. The van der Waals surface area contributed by atoms with Crippen molar-refractivity contribution < 1.29 is 9.47 Å². The van der Waals surface area contributed by atoms with Gasteiger partial charge in [0.1, 0.15) is 6.61 Å². The monoisotopic (exact) mass is 301 g/mol. The van der Waals surface area contributed by atoms with Crippen LogP contribution in [-0.2, 0) is 0 Å². The van der Waals surface area contributed by atoms with Gasteiger partial charge in [-0.2, -0.15) is 0 Å². The lowest BCUT2D eigenvalue weighted by Gasteiger charge is -2.32. The first-order valence-corrected chi connectivity index (χ1v) is 7.73. The number of benzene rings is 1. The van der Waals surface area contributed by atoms with Crippen molar-refractivity contribution in [2.75, 3.05) is 53.5 Å². The van der Waals surface area contributed by atoms with E-state index in [1.54, 1.807) is 13.3 Å². The highest BCUT2D eigenvalue weighted by Crippen LogP contribution is 2.31. The average Bonchev–Trinajstić information content (AvgIpc) is 2.56. The van der Waals surface area contributed by atoms with Crippen LogP contribution in [-0.4, -0.2) is 68.3 Å². The number of likely N-dealkylation sites (N-methyl/N-ethyl adjacent to an activating group) is 1. The highest BCUT2D eigenvalue weighted by atomic mass is 16.5. The fourth-order valence-electron chi connectivity index (χ4n) is 2.71. The fourth-order valence-corrected chi connectivity index (χ4v) is 2.71. The van der Waals surface area contributed by atoms with Crippen molar-refractivity contribution in [3.8, 4) is 11.5 Å². The average molecular weight is 301 g/mol. The topological polar surface area (TPSA) is 37.8 Å². The van der Waals surface area contributed by atoms with Gasteiger partial charge in [-0.15, -0.1) is 0 Å². The Morgan fingerprint density at radius 3 is 2.73 bits per heavy atom. The van der Waals surface area contributed by atoms with Gasteiger partial charge in [0, 0.05) is 50.4 Å². The van der Waals surface area contributed by atoms with Crippen LogP contribution in [0.15, 0.2) is 30.5 Å². The highest BCUT2D eigenvalue weighted by molar-refractivity contribution is 5.82. The smallest absolute Gasteiger partial charge is 0.163 e. The summed E-state index contributed by atoms with van der Waals surface area (Å²) in [6.45, 7) is 6.08. The maximum Gasteiger partial charge on any atom is 0.163 e. The van der Waals surface area contributed by atoms with E-state index in [9.17, 15) is 0 Å². The van der Waals surface area contributed by atoms with E-state index in [2.05, 4.69) is 21.8 Å². The van der Waals surface area contributed by atoms with Gasteiger partial charge in [-0.25, -0.2) is 0 Å². The summed E-state index contributed by atoms with van der Waals surface area (Å²) in [4.78, 5) is 9.16. The zero-order valence-corrected chi connectivity index (χ0v) is 13.3. The molecule has 1 fully saturated rings. The summed E-state index contributed by atoms with van der Waals surface area (Å²) in [6, 6.07) is 7.89. The molecule has 1 aromatic heterocycles. The first-order valence-electron chi connectivity index (χ1n) is 7.73. The Morgan fingerprint density at radius 2 is 1.95 bits per heavy atom. The standard InChI is InChI=1S/C17H23N3O2/c1-19-6-8-20(9-7-19)10-11-22-17-13-15-14(4-3-5-18-15)12-16(17)21-2/h3-5,12-13H,6-11H2,1-2H3. The van der Waals surface area contributed by atoms with Crippen LogP contribution in [0, 0.1) is 0 Å². The lowest BCUT2D eigenvalue weighted by atomic mass is 10.2. The second kappa shape index (κ2) is 6.94. The molecule has 0 amide bonds. The summed E-state index contributed by atoms with van der Waals surface area (Å²) in [5.41, 5.74) is 0.929. The first-order chi connectivity index (χ1) is 10.8. The van der Waals surface area contributed by atoms with Crippen molar-refractivity contribution in [2.24, 2.45) is 0 Å². The van der Waals surface area contributed by atoms with Crippen molar-refractivity contribution in [3.05, 3.63) is 30.5 Å². The summed E-state index contributed by atoms with van der Waals surface area (Å²) < 4.78 is 11.4. The number of pyridine rings is 1. The van der Waals surface area contributed by atoms with Gasteiger partial charge in [0.15, 0.2) is 11.5 Å². The third kappa shape index (κ3) is 3.48. The van der Waals surface area contributed by atoms with Gasteiger partial charge in [0.2, 0.25) is 0 Å². The molecule has 0 N–H and O–H groups in total. The van der Waals surface area contributed by atoms with E-state index in [0.717, 1.165) is 55.1 Å². The van der Waals surface area contributed by atoms with Crippen LogP contribution in [0.2, 0.25) is 0 Å². The summed E-state index contributed by atoms with van der Waals surface area (Å²) in [7, 11) is 3.84. The number of piperazine rings is 1. The van der Waals surface area contributed by atoms with Gasteiger partial charge in [0.05, 0.1) is 12.6 Å². The zero-order valence-electron chi connectivity index (χ0n) is 13.3. The van der Waals surface area contributed by atoms with E-state index in [4.69, 9.17) is 9.47 Å². The number of hydrogen-bond donors (Lipinski definition) is 0. The van der Waals surface area contributed by atoms with Crippen LogP contribution in [0.25, 0.3) is 10.9 Å². The molecule has 0 bridgehead atoms. The van der Waals surface area contributed by atoms with E-state index < -0.39 is 0 Å². The molecule has 5 nitrogen and oxygen atoms in total. The van der Waals surface area contributed by atoms with Gasteiger partial charge in [-0.1, -0.05) is 6.07 Å². The molecule has 0 spiro atoms. The molecule has 22 heavy (non-hydrogen) atoms. The second-order valence-corrected chi connectivity index (χ2v) is 5.69. The predicted octanol–water partition coefficient (Wildman–Crippen LogP) is 1.87. The van der Waals surface area contributed by atoms with E-state index >= 15 is 0 Å². The number of aromatic nitrogens is 1. The molecular weight excluding hydrogens is 278 g/mol. The summed E-state index contributed by atoms with van der Waals surface area (Å²) in [5.74, 6) is 1.53. The molecular formula is C17H23N3O2. The highest BCUT2D eigenvalue weighted by Gasteiger charge is 2.14. The zero-order chi connectivity index (χ0) is 15.4. The molecule has 1 saturated heterocycles. The van der Waals surface area contributed by atoms with Gasteiger partial charge < -0.3 is 14.4 Å². The Labute approximate surface area is 131 Å². The quantitative estimate of drug-likeness (QED) is 0.843. The SMILES string of the molecule is COc1cc2cccnc2cc1OCCN1CCN(C)CC1. The number of ether oxygens (including phenoxy) is 2. The normalized spacial score (nSPS) is 16.8. The number of nitrogens with zero attached hydrogens (tertiary/aromatic N) is 3. The number of fused-ring (bicyclic) bond motifs is 1. The summed E-state index contributed by atoms with van der Waals surface area (Å²) >= 11 is 0. The molecule has 1 aliphatic heterocycles. The van der Waals surface area contributed by atoms with Crippen LogP contribution in [0.3, 0.4) is 0 Å². The Morgan fingerprint density at radius 1 is 1.14 bits per heavy atom. The molecule has 5 heteroatoms. The Kier molecular flexibility index (Phi) is 4.75. The Balaban J connectivity index is 1.63. The molecule has 0 atom stereocenters. The minimum Gasteiger partial charge on any atom is -0.493 e. The molecule has 2 heterocycles. The maximum atomic E-state index is 5.95. The molecule has 1 aromatic carbocycles.